The lowest BCUT2D eigenvalue weighted by atomic mass is 10.3. The number of aliphatic carboxylic acids is 1. The van der Waals surface area contributed by atoms with E-state index < -0.39 is 5.97 Å². The molecule has 0 spiro atoms. The fourth-order valence-corrected chi connectivity index (χ4v) is 1.74. The molecule has 16 heavy (non-hydrogen) atoms. The zero-order valence-electron chi connectivity index (χ0n) is 8.22. The van der Waals surface area contributed by atoms with Gasteiger partial charge >= 0.3 is 5.97 Å². The Hall–Kier alpha value is -1.75. The predicted octanol–water partition coefficient (Wildman–Crippen LogP) is 1.71. The van der Waals surface area contributed by atoms with Crippen molar-refractivity contribution in [3.05, 3.63) is 29.3 Å². The number of aromatic nitrogens is 2. The molecular weight excluding hydrogens is 232 g/mol. The second-order valence-corrected chi connectivity index (χ2v) is 3.71. The van der Waals surface area contributed by atoms with Gasteiger partial charge in [0.15, 0.2) is 5.15 Å². The van der Waals surface area contributed by atoms with E-state index in [1.807, 2.05) is 0 Å². The van der Waals surface area contributed by atoms with Gasteiger partial charge in [0.05, 0.1) is 11.9 Å². The van der Waals surface area contributed by atoms with Crippen LogP contribution in [0, 0.1) is 0 Å². The number of nitrogens with zero attached hydrogens (tertiary/aromatic N) is 2. The number of hydrogen-bond donors (Lipinski definition) is 2. The van der Waals surface area contributed by atoms with Gasteiger partial charge in [-0.1, -0.05) is 11.6 Å². The number of carbonyl (C=O) groups is 1. The van der Waals surface area contributed by atoms with Gasteiger partial charge in [0.25, 0.3) is 0 Å². The minimum Gasteiger partial charge on any atom is -0.508 e. The molecule has 84 valence electrons. The Kier molecular flexibility index (Phi) is 2.70. The normalized spacial score (nSPS) is 10.8. The number of aromatic hydroxyl groups is 1. The Labute approximate surface area is 95.9 Å². The molecule has 2 N–H and O–H groups in total. The molecule has 2 rings (SSSR count). The average molecular weight is 241 g/mol. The molecule has 0 atom stereocenters. The van der Waals surface area contributed by atoms with Crippen molar-refractivity contribution in [3.8, 4) is 5.75 Å². The Morgan fingerprint density at radius 2 is 2.31 bits per heavy atom. The van der Waals surface area contributed by atoms with Crippen LogP contribution in [0.3, 0.4) is 0 Å². The molecule has 0 aliphatic carbocycles. The number of carboxylic acid groups (broad SMARTS) is 1. The molecule has 0 saturated carbocycles. The SMILES string of the molecule is O=C(O)CCc1nc(Cl)c2cc(O)ccn12. The molecule has 2 heterocycles. The van der Waals surface area contributed by atoms with Crippen molar-refractivity contribution in [2.45, 2.75) is 12.8 Å². The molecule has 0 saturated heterocycles. The van der Waals surface area contributed by atoms with E-state index in [4.69, 9.17) is 16.7 Å². The predicted molar refractivity (Wildman–Crippen MR) is 57.8 cm³/mol. The summed E-state index contributed by atoms with van der Waals surface area (Å²) in [4.78, 5) is 14.5. The number of aryl methyl sites for hydroxylation is 1. The lowest BCUT2D eigenvalue weighted by Crippen LogP contribution is -2.01. The van der Waals surface area contributed by atoms with Gasteiger partial charge in [-0.2, -0.15) is 0 Å². The van der Waals surface area contributed by atoms with Crippen LogP contribution in [0.4, 0.5) is 0 Å². The molecule has 0 fully saturated rings. The van der Waals surface area contributed by atoms with E-state index >= 15 is 0 Å². The summed E-state index contributed by atoms with van der Waals surface area (Å²) in [5.41, 5.74) is 0.571. The summed E-state index contributed by atoms with van der Waals surface area (Å²) in [7, 11) is 0. The number of hydrogen-bond acceptors (Lipinski definition) is 3. The third-order valence-electron chi connectivity index (χ3n) is 2.22. The van der Waals surface area contributed by atoms with E-state index in [-0.39, 0.29) is 17.3 Å². The maximum absolute atomic E-state index is 10.5. The van der Waals surface area contributed by atoms with Crippen LogP contribution >= 0.6 is 11.6 Å². The molecular formula is C10H9ClN2O3. The second-order valence-electron chi connectivity index (χ2n) is 3.35. The van der Waals surface area contributed by atoms with E-state index in [0.29, 0.717) is 17.8 Å². The van der Waals surface area contributed by atoms with Gasteiger partial charge in [-0.25, -0.2) is 4.98 Å². The highest BCUT2D eigenvalue weighted by molar-refractivity contribution is 6.32. The number of pyridine rings is 1. The summed E-state index contributed by atoms with van der Waals surface area (Å²) in [5, 5.41) is 18.1. The van der Waals surface area contributed by atoms with Gasteiger partial charge in [0, 0.05) is 18.7 Å². The maximum atomic E-state index is 10.5. The van der Waals surface area contributed by atoms with Crippen molar-refractivity contribution in [1.82, 2.24) is 9.38 Å². The lowest BCUT2D eigenvalue weighted by molar-refractivity contribution is -0.137. The van der Waals surface area contributed by atoms with Gasteiger partial charge in [-0.3, -0.25) is 4.79 Å². The molecule has 0 aromatic carbocycles. The first-order valence-electron chi connectivity index (χ1n) is 4.65. The van der Waals surface area contributed by atoms with Gasteiger partial charge in [-0.15, -0.1) is 0 Å². The van der Waals surface area contributed by atoms with Crippen LogP contribution in [0.5, 0.6) is 5.75 Å². The standard InChI is InChI=1S/C10H9ClN2O3/c11-10-7-5-6(14)3-4-13(7)8(12-10)1-2-9(15)16/h3-5,14H,1-2H2,(H,15,16). The number of halogens is 1. The fourth-order valence-electron chi connectivity index (χ4n) is 1.49. The number of rotatable bonds is 3. The molecule has 5 nitrogen and oxygen atoms in total. The molecule has 6 heteroatoms. The summed E-state index contributed by atoms with van der Waals surface area (Å²) in [6.07, 6.45) is 1.91. The monoisotopic (exact) mass is 240 g/mol. The van der Waals surface area contributed by atoms with Crippen molar-refractivity contribution in [3.63, 3.8) is 0 Å². The van der Waals surface area contributed by atoms with E-state index in [0.717, 1.165) is 0 Å². The zero-order valence-corrected chi connectivity index (χ0v) is 8.98. The maximum Gasteiger partial charge on any atom is 0.303 e. The van der Waals surface area contributed by atoms with Crippen LogP contribution in [0.1, 0.15) is 12.2 Å². The smallest absolute Gasteiger partial charge is 0.303 e. The van der Waals surface area contributed by atoms with Crippen LogP contribution in [0.25, 0.3) is 5.52 Å². The van der Waals surface area contributed by atoms with E-state index in [9.17, 15) is 9.90 Å². The van der Waals surface area contributed by atoms with E-state index in [1.54, 1.807) is 10.6 Å². The van der Waals surface area contributed by atoms with Crippen molar-refractivity contribution >= 4 is 23.1 Å². The summed E-state index contributed by atoms with van der Waals surface area (Å²) in [5.74, 6) is -0.215. The first-order chi connectivity index (χ1) is 7.58. The largest absolute Gasteiger partial charge is 0.508 e. The third kappa shape index (κ3) is 1.94. The molecule has 0 amide bonds. The summed E-state index contributed by atoms with van der Waals surface area (Å²) in [6.45, 7) is 0. The minimum atomic E-state index is -0.883. The summed E-state index contributed by atoms with van der Waals surface area (Å²) in [6, 6.07) is 2.98. The topological polar surface area (TPSA) is 74.8 Å². The number of carboxylic acids is 1. The van der Waals surface area contributed by atoms with Crippen LogP contribution in [0.2, 0.25) is 5.15 Å². The van der Waals surface area contributed by atoms with Gasteiger partial charge in [0.2, 0.25) is 0 Å². The first kappa shape index (κ1) is 10.8. The Morgan fingerprint density at radius 3 is 3.00 bits per heavy atom. The van der Waals surface area contributed by atoms with Gasteiger partial charge in [0.1, 0.15) is 11.6 Å². The van der Waals surface area contributed by atoms with Crippen LogP contribution in [-0.2, 0) is 11.2 Å². The van der Waals surface area contributed by atoms with Crippen LogP contribution in [-0.4, -0.2) is 25.6 Å². The average Bonchev–Trinajstić information content (AvgIpc) is 2.53. The van der Waals surface area contributed by atoms with Crippen molar-refractivity contribution in [2.24, 2.45) is 0 Å². The van der Waals surface area contributed by atoms with Crippen LogP contribution < -0.4 is 0 Å². The number of fused-ring (bicyclic) bond motifs is 1. The highest BCUT2D eigenvalue weighted by Gasteiger charge is 2.10. The molecule has 0 aliphatic rings. The van der Waals surface area contributed by atoms with Gasteiger partial charge in [-0.05, 0) is 6.07 Å². The molecule has 2 aromatic rings. The minimum absolute atomic E-state index is 0.00365. The molecule has 0 radical (unpaired) electrons. The van der Waals surface area contributed by atoms with Crippen molar-refractivity contribution in [1.29, 1.82) is 0 Å². The van der Waals surface area contributed by atoms with Crippen molar-refractivity contribution in [2.75, 3.05) is 0 Å². The summed E-state index contributed by atoms with van der Waals surface area (Å²) >= 11 is 5.87. The quantitative estimate of drug-likeness (QED) is 0.857. The lowest BCUT2D eigenvalue weighted by Gasteiger charge is -1.99. The first-order valence-corrected chi connectivity index (χ1v) is 5.03. The van der Waals surface area contributed by atoms with Crippen molar-refractivity contribution < 1.29 is 15.0 Å². The molecule has 0 unspecified atom stereocenters. The highest BCUT2D eigenvalue weighted by Crippen LogP contribution is 2.22. The van der Waals surface area contributed by atoms with E-state index in [2.05, 4.69) is 4.98 Å². The van der Waals surface area contributed by atoms with E-state index in [1.165, 1.54) is 12.1 Å². The fraction of sp³-hybridized carbons (Fsp3) is 0.200. The van der Waals surface area contributed by atoms with Crippen LogP contribution in [0.15, 0.2) is 18.3 Å². The van der Waals surface area contributed by atoms with Gasteiger partial charge < -0.3 is 14.6 Å². The molecule has 2 aromatic heterocycles. The molecule has 0 aliphatic heterocycles. The second kappa shape index (κ2) is 4.02. The third-order valence-corrected chi connectivity index (χ3v) is 2.50. The Balaban J connectivity index is 2.43. The summed E-state index contributed by atoms with van der Waals surface area (Å²) < 4.78 is 1.67. The Bertz CT molecular complexity index is 550. The number of imidazole rings is 1. The zero-order chi connectivity index (χ0) is 11.7. The Morgan fingerprint density at radius 1 is 1.56 bits per heavy atom. The highest BCUT2D eigenvalue weighted by atomic mass is 35.5. The molecule has 0 bridgehead atoms.